The summed E-state index contributed by atoms with van der Waals surface area (Å²) in [7, 11) is 0. The first-order valence-electron chi connectivity index (χ1n) is 8.32. The normalized spacial score (nSPS) is 15.6. The largest absolute Gasteiger partial charge is 0.478 e. The lowest BCUT2D eigenvalue weighted by atomic mass is 10.1. The summed E-state index contributed by atoms with van der Waals surface area (Å²) in [6.45, 7) is 0. The highest BCUT2D eigenvalue weighted by Crippen LogP contribution is 2.37. The molecule has 3 heterocycles. The van der Waals surface area contributed by atoms with Gasteiger partial charge in [-0.05, 0) is 30.3 Å². The molecule has 27 heavy (non-hydrogen) atoms. The smallest absolute Gasteiger partial charge is 0.335 e. The number of aromatic amines is 1. The molecule has 0 aliphatic carbocycles. The molecule has 5 rings (SSSR count). The van der Waals surface area contributed by atoms with E-state index in [9.17, 15) is 14.7 Å². The van der Waals surface area contributed by atoms with Crippen molar-refractivity contribution >= 4 is 56.6 Å². The van der Waals surface area contributed by atoms with Crippen LogP contribution in [0.25, 0.3) is 32.9 Å². The van der Waals surface area contributed by atoms with Gasteiger partial charge in [-0.25, -0.2) is 9.78 Å². The highest BCUT2D eigenvalue weighted by atomic mass is 32.2. The number of para-hydroxylation sites is 1. The summed E-state index contributed by atoms with van der Waals surface area (Å²) in [5.74, 6) is -0.207. The maximum atomic E-state index is 12.5. The SMILES string of the molecule is O=C(O)c1ccc2c(c1)nc1n2C(=O)CS/C1=C/c1c[nH]c2ccccc12. The zero-order valence-corrected chi connectivity index (χ0v) is 14.8. The van der Waals surface area contributed by atoms with Crippen molar-refractivity contribution in [1.29, 1.82) is 0 Å². The van der Waals surface area contributed by atoms with Gasteiger partial charge in [-0.3, -0.25) is 9.36 Å². The van der Waals surface area contributed by atoms with Gasteiger partial charge >= 0.3 is 5.97 Å². The Morgan fingerprint density at radius 2 is 2.11 bits per heavy atom. The lowest BCUT2D eigenvalue weighted by molar-refractivity contribution is 0.0696. The fraction of sp³-hybridized carbons (Fsp3) is 0.0500. The third-order valence-electron chi connectivity index (χ3n) is 4.63. The number of nitrogens with one attached hydrogen (secondary N) is 1. The number of rotatable bonds is 2. The van der Waals surface area contributed by atoms with Gasteiger partial charge in [0.1, 0.15) is 0 Å². The van der Waals surface area contributed by atoms with Gasteiger partial charge in [-0.2, -0.15) is 0 Å². The Morgan fingerprint density at radius 3 is 2.96 bits per heavy atom. The van der Waals surface area contributed by atoms with Crippen molar-refractivity contribution in [3.05, 3.63) is 65.6 Å². The summed E-state index contributed by atoms with van der Waals surface area (Å²) in [6, 6.07) is 12.7. The molecule has 0 radical (unpaired) electrons. The number of imidazole rings is 1. The van der Waals surface area contributed by atoms with Gasteiger partial charge < -0.3 is 10.1 Å². The molecule has 0 unspecified atom stereocenters. The molecule has 0 saturated heterocycles. The number of thioether (sulfide) groups is 1. The number of benzene rings is 2. The number of carbonyl (C=O) groups excluding carboxylic acids is 1. The second-order valence-corrected chi connectivity index (χ2v) is 7.28. The van der Waals surface area contributed by atoms with Crippen molar-refractivity contribution in [1.82, 2.24) is 14.5 Å². The molecule has 2 N–H and O–H groups in total. The molecule has 4 aromatic rings. The van der Waals surface area contributed by atoms with Crippen LogP contribution >= 0.6 is 11.8 Å². The van der Waals surface area contributed by atoms with E-state index in [1.807, 2.05) is 36.5 Å². The van der Waals surface area contributed by atoms with Crippen LogP contribution in [0.2, 0.25) is 0 Å². The van der Waals surface area contributed by atoms with Gasteiger partial charge in [0.05, 0.1) is 27.3 Å². The molecule has 132 valence electrons. The highest BCUT2D eigenvalue weighted by Gasteiger charge is 2.26. The van der Waals surface area contributed by atoms with Crippen molar-refractivity contribution in [2.45, 2.75) is 0 Å². The molecule has 0 fully saturated rings. The zero-order chi connectivity index (χ0) is 18.5. The fourth-order valence-corrected chi connectivity index (χ4v) is 4.24. The number of H-pyrrole nitrogens is 1. The second kappa shape index (κ2) is 5.85. The standard InChI is InChI=1S/C20H13N3O3S/c24-18-10-27-17(8-12-9-21-14-4-2-1-3-13(12)14)19-22-15-7-11(20(25)26)5-6-16(15)23(18)19/h1-9,21H,10H2,(H,25,26)/b17-8+. The first-order chi connectivity index (χ1) is 13.1. The van der Waals surface area contributed by atoms with Crippen molar-refractivity contribution < 1.29 is 14.7 Å². The molecule has 2 aromatic carbocycles. The van der Waals surface area contributed by atoms with E-state index in [0.717, 1.165) is 21.4 Å². The molecule has 0 bridgehead atoms. The van der Waals surface area contributed by atoms with E-state index >= 15 is 0 Å². The van der Waals surface area contributed by atoms with E-state index in [2.05, 4.69) is 9.97 Å². The van der Waals surface area contributed by atoms with E-state index in [1.54, 1.807) is 10.6 Å². The van der Waals surface area contributed by atoms with E-state index in [1.165, 1.54) is 23.9 Å². The maximum Gasteiger partial charge on any atom is 0.335 e. The number of hydrogen-bond donors (Lipinski definition) is 2. The van der Waals surface area contributed by atoms with E-state index in [4.69, 9.17) is 0 Å². The first kappa shape index (κ1) is 15.9. The lowest BCUT2D eigenvalue weighted by Crippen LogP contribution is -2.20. The van der Waals surface area contributed by atoms with Crippen LogP contribution in [0.4, 0.5) is 0 Å². The Kier molecular flexibility index (Phi) is 3.45. The Morgan fingerprint density at radius 1 is 1.26 bits per heavy atom. The molecule has 0 amide bonds. The van der Waals surface area contributed by atoms with Crippen LogP contribution < -0.4 is 0 Å². The highest BCUT2D eigenvalue weighted by molar-refractivity contribution is 8.09. The topological polar surface area (TPSA) is 88.0 Å². The minimum absolute atomic E-state index is 0.0587. The van der Waals surface area contributed by atoms with E-state index < -0.39 is 5.97 Å². The van der Waals surface area contributed by atoms with Gasteiger partial charge in [0, 0.05) is 22.7 Å². The van der Waals surface area contributed by atoms with Crippen LogP contribution in [-0.4, -0.2) is 37.3 Å². The molecule has 2 aromatic heterocycles. The average molecular weight is 375 g/mol. The second-order valence-electron chi connectivity index (χ2n) is 6.26. The van der Waals surface area contributed by atoms with Crippen LogP contribution in [0.15, 0.2) is 48.7 Å². The molecule has 7 heteroatoms. The maximum absolute atomic E-state index is 12.5. The number of aromatic carboxylic acids is 1. The van der Waals surface area contributed by atoms with Crippen molar-refractivity contribution in [3.63, 3.8) is 0 Å². The average Bonchev–Trinajstić information content (AvgIpc) is 3.25. The molecule has 0 atom stereocenters. The minimum Gasteiger partial charge on any atom is -0.478 e. The van der Waals surface area contributed by atoms with Crippen LogP contribution in [0, 0.1) is 0 Å². The lowest BCUT2D eigenvalue weighted by Gasteiger charge is -2.15. The Bertz CT molecular complexity index is 1280. The van der Waals surface area contributed by atoms with Gasteiger partial charge in [-0.15, -0.1) is 11.8 Å². The van der Waals surface area contributed by atoms with Crippen LogP contribution in [-0.2, 0) is 0 Å². The number of nitrogens with zero attached hydrogens (tertiary/aromatic N) is 2. The van der Waals surface area contributed by atoms with Crippen molar-refractivity contribution in [2.24, 2.45) is 0 Å². The third kappa shape index (κ3) is 2.47. The molecular formula is C20H13N3O3S. The summed E-state index contributed by atoms with van der Waals surface area (Å²) in [6.07, 6.45) is 3.95. The van der Waals surface area contributed by atoms with Crippen molar-refractivity contribution in [2.75, 3.05) is 5.75 Å². The summed E-state index contributed by atoms with van der Waals surface area (Å²) >= 11 is 1.44. The summed E-state index contributed by atoms with van der Waals surface area (Å²) in [5.41, 5.74) is 3.35. The van der Waals surface area contributed by atoms with Gasteiger partial charge in [-0.1, -0.05) is 18.2 Å². The molecule has 0 saturated carbocycles. The molecule has 6 nitrogen and oxygen atoms in total. The fourth-order valence-electron chi connectivity index (χ4n) is 3.36. The van der Waals surface area contributed by atoms with Gasteiger partial charge in [0.15, 0.2) is 5.82 Å². The number of aromatic nitrogens is 3. The number of fused-ring (bicyclic) bond motifs is 4. The van der Waals surface area contributed by atoms with E-state index in [-0.39, 0.29) is 11.5 Å². The van der Waals surface area contributed by atoms with Crippen LogP contribution in [0.5, 0.6) is 0 Å². The van der Waals surface area contributed by atoms with Crippen LogP contribution in [0.3, 0.4) is 0 Å². The Labute approximate surface area is 157 Å². The van der Waals surface area contributed by atoms with Crippen molar-refractivity contribution in [3.8, 4) is 0 Å². The summed E-state index contributed by atoms with van der Waals surface area (Å²) < 4.78 is 1.58. The Balaban J connectivity index is 1.71. The Hall–Kier alpha value is -3.32. The molecule has 1 aliphatic heterocycles. The monoisotopic (exact) mass is 375 g/mol. The quantitative estimate of drug-likeness (QED) is 0.551. The molecular weight excluding hydrogens is 362 g/mol. The zero-order valence-electron chi connectivity index (χ0n) is 14.0. The third-order valence-corrected chi connectivity index (χ3v) is 5.63. The predicted octanol–water partition coefficient (Wildman–Crippen LogP) is 4.10. The number of carbonyl (C=O) groups is 2. The summed E-state index contributed by atoms with van der Waals surface area (Å²) in [5, 5.41) is 10.3. The summed E-state index contributed by atoms with van der Waals surface area (Å²) in [4.78, 5) is 32.4. The van der Waals surface area contributed by atoms with E-state index in [0.29, 0.717) is 22.6 Å². The van der Waals surface area contributed by atoms with Gasteiger partial charge in [0.2, 0.25) is 5.91 Å². The predicted molar refractivity (Wildman–Crippen MR) is 106 cm³/mol. The van der Waals surface area contributed by atoms with Crippen LogP contribution in [0.1, 0.15) is 26.5 Å². The molecule has 1 aliphatic rings. The molecule has 0 spiro atoms. The number of hydrogen-bond acceptors (Lipinski definition) is 4. The number of carboxylic acids is 1. The first-order valence-corrected chi connectivity index (χ1v) is 9.30. The number of carboxylic acid groups (broad SMARTS) is 1. The van der Waals surface area contributed by atoms with Gasteiger partial charge in [0.25, 0.3) is 0 Å². The minimum atomic E-state index is -1.02.